The lowest BCUT2D eigenvalue weighted by molar-refractivity contribution is -0.134. The van der Waals surface area contributed by atoms with Gasteiger partial charge in [-0.3, -0.25) is 14.4 Å². The van der Waals surface area contributed by atoms with Crippen molar-refractivity contribution in [3.8, 4) is 0 Å². The molecule has 2 fully saturated rings. The fraction of sp³-hybridized carbons (Fsp3) is 0.423. The van der Waals surface area contributed by atoms with Crippen LogP contribution in [0.25, 0.3) is 0 Å². The van der Waals surface area contributed by atoms with Crippen LogP contribution in [0.15, 0.2) is 48.5 Å². The standard InChI is InChI=1S/C26H30ClN3O3/c1-18-4-6-20(7-5-18)24(31)28-23(26(33)29-14-2-3-15-29)19-12-16-30(17-13-19)25(32)21-8-10-22(27)11-9-21/h4-11,19,23H,2-3,12-17H2,1H3,(H,28,31)/t23-/m0/s1. The molecule has 7 heteroatoms. The molecule has 0 aliphatic carbocycles. The largest absolute Gasteiger partial charge is 0.341 e. The summed E-state index contributed by atoms with van der Waals surface area (Å²) in [6, 6.07) is 13.7. The number of carbonyl (C=O) groups is 3. The molecule has 3 amide bonds. The van der Waals surface area contributed by atoms with E-state index in [9.17, 15) is 14.4 Å². The van der Waals surface area contributed by atoms with Gasteiger partial charge in [-0.05, 0) is 74.9 Å². The molecule has 0 unspecified atom stereocenters. The summed E-state index contributed by atoms with van der Waals surface area (Å²) >= 11 is 5.94. The number of nitrogens with one attached hydrogen (secondary N) is 1. The van der Waals surface area contributed by atoms with Crippen LogP contribution in [0.1, 0.15) is 52.0 Å². The minimum absolute atomic E-state index is 0.00422. The van der Waals surface area contributed by atoms with Crippen molar-refractivity contribution in [3.05, 3.63) is 70.2 Å². The SMILES string of the molecule is Cc1ccc(C(=O)N[C@H](C(=O)N2CCCC2)C2CCN(C(=O)c3ccc(Cl)cc3)CC2)cc1. The first kappa shape index (κ1) is 23.3. The van der Waals surface area contributed by atoms with E-state index < -0.39 is 6.04 Å². The second kappa shape index (κ2) is 10.4. The Bertz CT molecular complexity index is 992. The van der Waals surface area contributed by atoms with Gasteiger partial charge in [0.05, 0.1) is 0 Å². The second-order valence-corrected chi connectivity index (χ2v) is 9.42. The van der Waals surface area contributed by atoms with Gasteiger partial charge in [0.25, 0.3) is 11.8 Å². The first-order valence-electron chi connectivity index (χ1n) is 11.6. The van der Waals surface area contributed by atoms with Crippen molar-refractivity contribution in [2.24, 2.45) is 5.92 Å². The van der Waals surface area contributed by atoms with Crippen LogP contribution >= 0.6 is 11.6 Å². The van der Waals surface area contributed by atoms with E-state index >= 15 is 0 Å². The van der Waals surface area contributed by atoms with E-state index in [1.807, 2.05) is 28.9 Å². The maximum atomic E-state index is 13.4. The molecule has 0 bridgehead atoms. The molecule has 0 radical (unpaired) electrons. The van der Waals surface area contributed by atoms with Gasteiger partial charge in [-0.25, -0.2) is 0 Å². The fourth-order valence-electron chi connectivity index (χ4n) is 4.66. The molecular formula is C26H30ClN3O3. The molecule has 1 N–H and O–H groups in total. The summed E-state index contributed by atoms with van der Waals surface area (Å²) in [5.74, 6) is -0.277. The summed E-state index contributed by atoms with van der Waals surface area (Å²) in [5, 5.41) is 3.63. The molecule has 2 aliphatic heterocycles. The highest BCUT2D eigenvalue weighted by atomic mass is 35.5. The molecule has 174 valence electrons. The van der Waals surface area contributed by atoms with Gasteiger partial charge in [0.2, 0.25) is 5.91 Å². The quantitative estimate of drug-likeness (QED) is 0.724. The maximum Gasteiger partial charge on any atom is 0.253 e. The Kier molecular flexibility index (Phi) is 7.33. The molecule has 2 aromatic carbocycles. The average Bonchev–Trinajstić information content (AvgIpc) is 3.38. The molecule has 2 heterocycles. The van der Waals surface area contributed by atoms with E-state index in [4.69, 9.17) is 11.6 Å². The van der Waals surface area contributed by atoms with Gasteiger partial charge in [0.15, 0.2) is 0 Å². The van der Waals surface area contributed by atoms with E-state index in [-0.39, 0.29) is 23.6 Å². The predicted octanol–water partition coefficient (Wildman–Crippen LogP) is 3.92. The highest BCUT2D eigenvalue weighted by molar-refractivity contribution is 6.30. The molecule has 0 spiro atoms. The van der Waals surface area contributed by atoms with Crippen molar-refractivity contribution in [1.29, 1.82) is 0 Å². The van der Waals surface area contributed by atoms with E-state index in [1.165, 1.54) is 0 Å². The molecule has 0 saturated carbocycles. The lowest BCUT2D eigenvalue weighted by Gasteiger charge is -2.37. The number of hydrogen-bond donors (Lipinski definition) is 1. The number of carbonyl (C=O) groups excluding carboxylic acids is 3. The smallest absolute Gasteiger partial charge is 0.253 e. The van der Waals surface area contributed by atoms with Crippen molar-refractivity contribution in [2.75, 3.05) is 26.2 Å². The van der Waals surface area contributed by atoms with Crippen LogP contribution < -0.4 is 5.32 Å². The third-order valence-electron chi connectivity index (χ3n) is 6.67. The summed E-state index contributed by atoms with van der Waals surface area (Å²) in [6.45, 7) is 4.56. The monoisotopic (exact) mass is 467 g/mol. The van der Waals surface area contributed by atoms with E-state index in [1.54, 1.807) is 36.4 Å². The van der Waals surface area contributed by atoms with Gasteiger partial charge < -0.3 is 15.1 Å². The number of hydrogen-bond acceptors (Lipinski definition) is 3. The molecule has 4 rings (SSSR count). The van der Waals surface area contributed by atoms with E-state index in [0.717, 1.165) is 31.5 Å². The van der Waals surface area contributed by atoms with Gasteiger partial charge in [-0.15, -0.1) is 0 Å². The zero-order valence-corrected chi connectivity index (χ0v) is 19.7. The number of rotatable bonds is 5. The Balaban J connectivity index is 1.45. The van der Waals surface area contributed by atoms with Crippen LogP contribution in [-0.2, 0) is 4.79 Å². The van der Waals surface area contributed by atoms with Crippen LogP contribution in [0.4, 0.5) is 0 Å². The van der Waals surface area contributed by atoms with E-state index in [0.29, 0.717) is 42.1 Å². The Morgan fingerprint density at radius 2 is 1.42 bits per heavy atom. The highest BCUT2D eigenvalue weighted by Gasteiger charge is 2.37. The number of likely N-dealkylation sites (tertiary alicyclic amines) is 2. The summed E-state index contributed by atoms with van der Waals surface area (Å²) in [7, 11) is 0. The lowest BCUT2D eigenvalue weighted by atomic mass is 9.88. The minimum Gasteiger partial charge on any atom is -0.341 e. The predicted molar refractivity (Wildman–Crippen MR) is 128 cm³/mol. The van der Waals surface area contributed by atoms with Crippen molar-refractivity contribution in [1.82, 2.24) is 15.1 Å². The number of aryl methyl sites for hydroxylation is 1. The van der Waals surface area contributed by atoms with Gasteiger partial charge in [-0.1, -0.05) is 29.3 Å². The summed E-state index contributed by atoms with van der Waals surface area (Å²) < 4.78 is 0. The van der Waals surface area contributed by atoms with Crippen molar-refractivity contribution in [3.63, 3.8) is 0 Å². The number of piperidine rings is 1. The van der Waals surface area contributed by atoms with Crippen LogP contribution in [-0.4, -0.2) is 59.7 Å². The zero-order chi connectivity index (χ0) is 23.4. The first-order valence-corrected chi connectivity index (χ1v) is 12.0. The third-order valence-corrected chi connectivity index (χ3v) is 6.93. The second-order valence-electron chi connectivity index (χ2n) is 8.99. The minimum atomic E-state index is -0.579. The first-order chi connectivity index (χ1) is 15.9. The summed E-state index contributed by atoms with van der Waals surface area (Å²) in [6.07, 6.45) is 3.33. The zero-order valence-electron chi connectivity index (χ0n) is 18.9. The lowest BCUT2D eigenvalue weighted by Crippen LogP contribution is -2.54. The Labute approximate surface area is 199 Å². The van der Waals surface area contributed by atoms with Crippen LogP contribution in [0, 0.1) is 12.8 Å². The summed E-state index contributed by atoms with van der Waals surface area (Å²) in [4.78, 5) is 42.9. The van der Waals surface area contributed by atoms with Gasteiger partial charge in [0.1, 0.15) is 6.04 Å². The molecule has 2 aliphatic rings. The topological polar surface area (TPSA) is 69.7 Å². The van der Waals surface area contributed by atoms with Crippen LogP contribution in [0.3, 0.4) is 0 Å². The molecular weight excluding hydrogens is 438 g/mol. The van der Waals surface area contributed by atoms with Crippen molar-refractivity contribution < 1.29 is 14.4 Å². The van der Waals surface area contributed by atoms with Crippen LogP contribution in [0.5, 0.6) is 0 Å². The molecule has 33 heavy (non-hydrogen) atoms. The number of nitrogens with zero attached hydrogens (tertiary/aromatic N) is 2. The van der Waals surface area contributed by atoms with Gasteiger partial charge in [0, 0.05) is 42.3 Å². The molecule has 6 nitrogen and oxygen atoms in total. The third kappa shape index (κ3) is 5.56. The number of benzene rings is 2. The Morgan fingerprint density at radius 1 is 0.848 bits per heavy atom. The van der Waals surface area contributed by atoms with Gasteiger partial charge in [-0.2, -0.15) is 0 Å². The highest BCUT2D eigenvalue weighted by Crippen LogP contribution is 2.25. The molecule has 2 aromatic rings. The number of halogens is 1. The Hall–Kier alpha value is -2.86. The fourth-order valence-corrected chi connectivity index (χ4v) is 4.78. The average molecular weight is 468 g/mol. The normalized spacial score (nSPS) is 17.6. The number of amides is 3. The maximum absolute atomic E-state index is 13.4. The van der Waals surface area contributed by atoms with Crippen molar-refractivity contribution in [2.45, 2.75) is 38.6 Å². The summed E-state index contributed by atoms with van der Waals surface area (Å²) in [5.41, 5.74) is 2.24. The Morgan fingerprint density at radius 3 is 2.03 bits per heavy atom. The molecule has 2 saturated heterocycles. The van der Waals surface area contributed by atoms with Crippen LogP contribution in [0.2, 0.25) is 5.02 Å². The van der Waals surface area contributed by atoms with Crippen molar-refractivity contribution >= 4 is 29.3 Å². The van der Waals surface area contributed by atoms with Gasteiger partial charge >= 0.3 is 0 Å². The molecule has 0 aromatic heterocycles. The van der Waals surface area contributed by atoms with E-state index in [2.05, 4.69) is 5.32 Å². The molecule has 1 atom stereocenters.